The highest BCUT2D eigenvalue weighted by molar-refractivity contribution is 5.55. The van der Waals surface area contributed by atoms with Crippen LogP contribution in [0.3, 0.4) is 0 Å². The Morgan fingerprint density at radius 1 is 1.04 bits per heavy atom. The highest BCUT2D eigenvalue weighted by Crippen LogP contribution is 2.29. The average molecular weight is 347 g/mol. The van der Waals surface area contributed by atoms with E-state index in [0.717, 1.165) is 54.2 Å². The molecule has 3 aromatic heterocycles. The van der Waals surface area contributed by atoms with Crippen LogP contribution in [0.15, 0.2) is 42.9 Å². The molecule has 26 heavy (non-hydrogen) atoms. The van der Waals surface area contributed by atoms with Crippen LogP contribution in [0, 0.1) is 13.8 Å². The molecule has 1 N–H and O–H groups in total. The molecule has 1 atom stereocenters. The van der Waals surface area contributed by atoms with Crippen LogP contribution in [0.25, 0.3) is 0 Å². The first kappa shape index (κ1) is 16.4. The number of pyridine rings is 1. The van der Waals surface area contributed by atoms with Crippen LogP contribution in [0.1, 0.15) is 29.4 Å². The first-order valence-corrected chi connectivity index (χ1v) is 8.75. The van der Waals surface area contributed by atoms with E-state index in [1.807, 2.05) is 38.1 Å². The van der Waals surface area contributed by atoms with Crippen molar-refractivity contribution in [2.24, 2.45) is 0 Å². The standard InChI is InChI=1S/C19H21N7/c1-13-5-3-7-20-18(13)25-17-11-16(23-14(2)24-17)15-6-10-26(12-15)19-21-8-4-9-22-19/h3-5,7-9,11,15H,6,10,12H2,1-2H3,(H,20,23,24,25). The molecule has 7 nitrogen and oxygen atoms in total. The molecule has 7 heteroatoms. The van der Waals surface area contributed by atoms with E-state index in [2.05, 4.69) is 35.1 Å². The lowest BCUT2D eigenvalue weighted by molar-refractivity contribution is 0.732. The summed E-state index contributed by atoms with van der Waals surface area (Å²) in [6, 6.07) is 7.82. The Balaban J connectivity index is 1.54. The van der Waals surface area contributed by atoms with Crippen molar-refractivity contribution in [3.63, 3.8) is 0 Å². The summed E-state index contributed by atoms with van der Waals surface area (Å²) in [4.78, 5) is 24.5. The third-order valence-electron chi connectivity index (χ3n) is 4.56. The summed E-state index contributed by atoms with van der Waals surface area (Å²) < 4.78 is 0. The number of hydrogen-bond acceptors (Lipinski definition) is 7. The summed E-state index contributed by atoms with van der Waals surface area (Å²) in [7, 11) is 0. The summed E-state index contributed by atoms with van der Waals surface area (Å²) in [5, 5.41) is 3.32. The molecule has 4 heterocycles. The predicted molar refractivity (Wildman–Crippen MR) is 101 cm³/mol. The fraction of sp³-hybridized carbons (Fsp3) is 0.316. The summed E-state index contributed by atoms with van der Waals surface area (Å²) >= 11 is 0. The Bertz CT molecular complexity index is 897. The van der Waals surface area contributed by atoms with Gasteiger partial charge in [0.2, 0.25) is 5.95 Å². The molecule has 132 valence electrons. The van der Waals surface area contributed by atoms with Gasteiger partial charge in [0.25, 0.3) is 0 Å². The second-order valence-corrected chi connectivity index (χ2v) is 6.50. The third-order valence-corrected chi connectivity index (χ3v) is 4.56. The van der Waals surface area contributed by atoms with Crippen LogP contribution < -0.4 is 10.2 Å². The Labute approximate surface area is 152 Å². The summed E-state index contributed by atoms with van der Waals surface area (Å²) in [5.41, 5.74) is 2.13. The minimum atomic E-state index is 0.339. The average Bonchev–Trinajstić information content (AvgIpc) is 3.14. The Kier molecular flexibility index (Phi) is 4.43. The van der Waals surface area contributed by atoms with Crippen molar-refractivity contribution in [3.8, 4) is 0 Å². The number of nitrogens with zero attached hydrogens (tertiary/aromatic N) is 6. The molecule has 1 aliphatic heterocycles. The van der Waals surface area contributed by atoms with Crippen molar-refractivity contribution >= 4 is 17.6 Å². The smallest absolute Gasteiger partial charge is 0.225 e. The number of aryl methyl sites for hydroxylation is 2. The van der Waals surface area contributed by atoms with Crippen LogP contribution >= 0.6 is 0 Å². The van der Waals surface area contributed by atoms with Crippen molar-refractivity contribution in [1.29, 1.82) is 0 Å². The van der Waals surface area contributed by atoms with E-state index in [1.165, 1.54) is 0 Å². The van der Waals surface area contributed by atoms with E-state index in [1.54, 1.807) is 18.6 Å². The van der Waals surface area contributed by atoms with Crippen LogP contribution in [0.4, 0.5) is 17.6 Å². The Morgan fingerprint density at radius 3 is 2.65 bits per heavy atom. The number of aromatic nitrogens is 5. The van der Waals surface area contributed by atoms with Crippen molar-refractivity contribution in [1.82, 2.24) is 24.9 Å². The minimum absolute atomic E-state index is 0.339. The molecule has 1 saturated heterocycles. The first-order chi connectivity index (χ1) is 12.7. The van der Waals surface area contributed by atoms with Crippen LogP contribution in [-0.4, -0.2) is 38.0 Å². The second-order valence-electron chi connectivity index (χ2n) is 6.50. The number of anilines is 3. The van der Waals surface area contributed by atoms with E-state index < -0.39 is 0 Å². The topological polar surface area (TPSA) is 79.7 Å². The van der Waals surface area contributed by atoms with E-state index in [9.17, 15) is 0 Å². The lowest BCUT2D eigenvalue weighted by Crippen LogP contribution is -2.21. The maximum absolute atomic E-state index is 4.67. The molecular formula is C19H21N7. The lowest BCUT2D eigenvalue weighted by Gasteiger charge is -2.16. The summed E-state index contributed by atoms with van der Waals surface area (Å²) in [6.07, 6.45) is 6.36. The van der Waals surface area contributed by atoms with E-state index >= 15 is 0 Å². The van der Waals surface area contributed by atoms with E-state index in [0.29, 0.717) is 5.92 Å². The summed E-state index contributed by atoms with van der Waals surface area (Å²) in [6.45, 7) is 5.74. The number of nitrogens with one attached hydrogen (secondary N) is 1. The maximum atomic E-state index is 4.67. The molecular weight excluding hydrogens is 326 g/mol. The third kappa shape index (κ3) is 3.46. The molecule has 4 rings (SSSR count). The molecule has 1 unspecified atom stereocenters. The van der Waals surface area contributed by atoms with Gasteiger partial charge in [0.15, 0.2) is 0 Å². The van der Waals surface area contributed by atoms with Gasteiger partial charge in [-0.25, -0.2) is 24.9 Å². The van der Waals surface area contributed by atoms with Gasteiger partial charge >= 0.3 is 0 Å². The molecule has 0 saturated carbocycles. The first-order valence-electron chi connectivity index (χ1n) is 8.75. The highest BCUT2D eigenvalue weighted by atomic mass is 15.3. The fourth-order valence-electron chi connectivity index (χ4n) is 3.24. The van der Waals surface area contributed by atoms with Crippen molar-refractivity contribution in [2.45, 2.75) is 26.2 Å². The zero-order valence-electron chi connectivity index (χ0n) is 14.9. The van der Waals surface area contributed by atoms with E-state index in [-0.39, 0.29) is 0 Å². The van der Waals surface area contributed by atoms with Gasteiger partial charge in [0.1, 0.15) is 17.5 Å². The van der Waals surface area contributed by atoms with Crippen molar-refractivity contribution < 1.29 is 0 Å². The zero-order valence-corrected chi connectivity index (χ0v) is 14.9. The SMILES string of the molecule is Cc1nc(Nc2ncccc2C)cc(C2CCN(c3ncccn3)C2)n1. The minimum Gasteiger partial charge on any atom is -0.340 e. The molecule has 3 aromatic rings. The van der Waals surface area contributed by atoms with Gasteiger partial charge in [-0.3, -0.25) is 0 Å². The van der Waals surface area contributed by atoms with Crippen LogP contribution in [-0.2, 0) is 0 Å². The monoisotopic (exact) mass is 347 g/mol. The number of hydrogen-bond donors (Lipinski definition) is 1. The zero-order chi connectivity index (χ0) is 17.9. The quantitative estimate of drug-likeness (QED) is 0.777. The maximum Gasteiger partial charge on any atom is 0.225 e. The lowest BCUT2D eigenvalue weighted by atomic mass is 10.0. The Morgan fingerprint density at radius 2 is 1.85 bits per heavy atom. The van der Waals surface area contributed by atoms with Crippen LogP contribution in [0.5, 0.6) is 0 Å². The fourth-order valence-corrected chi connectivity index (χ4v) is 3.24. The molecule has 0 bridgehead atoms. The molecule has 0 amide bonds. The second kappa shape index (κ2) is 7.03. The van der Waals surface area contributed by atoms with Gasteiger partial charge in [-0.2, -0.15) is 0 Å². The molecule has 0 aliphatic carbocycles. The molecule has 0 aromatic carbocycles. The molecule has 1 aliphatic rings. The van der Waals surface area contributed by atoms with Crippen molar-refractivity contribution in [3.05, 3.63) is 59.9 Å². The van der Waals surface area contributed by atoms with Gasteiger partial charge in [0.05, 0.1) is 5.69 Å². The molecule has 1 fully saturated rings. The normalized spacial score (nSPS) is 16.7. The largest absolute Gasteiger partial charge is 0.340 e. The Hall–Kier alpha value is -3.09. The van der Waals surface area contributed by atoms with Crippen LogP contribution in [0.2, 0.25) is 0 Å². The molecule has 0 radical (unpaired) electrons. The van der Waals surface area contributed by atoms with Gasteiger partial charge < -0.3 is 10.2 Å². The van der Waals surface area contributed by atoms with Gasteiger partial charge in [-0.1, -0.05) is 6.07 Å². The number of rotatable bonds is 4. The van der Waals surface area contributed by atoms with E-state index in [4.69, 9.17) is 0 Å². The van der Waals surface area contributed by atoms with Gasteiger partial charge in [-0.05, 0) is 38.0 Å². The summed E-state index contributed by atoms with van der Waals surface area (Å²) in [5.74, 6) is 3.48. The predicted octanol–water partition coefficient (Wildman–Crippen LogP) is 3.02. The van der Waals surface area contributed by atoms with Gasteiger partial charge in [-0.15, -0.1) is 0 Å². The van der Waals surface area contributed by atoms with Crippen molar-refractivity contribution in [2.75, 3.05) is 23.3 Å². The van der Waals surface area contributed by atoms with Gasteiger partial charge in [0, 0.05) is 43.7 Å². The highest BCUT2D eigenvalue weighted by Gasteiger charge is 2.27. The molecule has 0 spiro atoms.